The molecule has 0 saturated heterocycles. The van der Waals surface area contributed by atoms with Crippen molar-refractivity contribution in [1.82, 2.24) is 0 Å². The quantitative estimate of drug-likeness (QED) is 0.578. The second-order valence-electron chi connectivity index (χ2n) is 2.48. The number of carbonyl (C=O) groups is 1. The van der Waals surface area contributed by atoms with E-state index < -0.39 is 0 Å². The monoisotopic (exact) mass is 160 g/mol. The number of hydrogen-bond acceptors (Lipinski definition) is 1. The van der Waals surface area contributed by atoms with Gasteiger partial charge in [0.15, 0.2) is 5.78 Å². The first kappa shape index (κ1) is 9.70. The molecule has 0 unspecified atom stereocenters. The van der Waals surface area contributed by atoms with Crippen molar-refractivity contribution in [3.05, 3.63) is 11.6 Å². The third-order valence-corrected chi connectivity index (χ3v) is 1.62. The lowest BCUT2D eigenvalue weighted by Crippen LogP contribution is -2.00. The molecular formula is C8H13ClO. The highest BCUT2D eigenvalue weighted by Crippen LogP contribution is 2.06. The van der Waals surface area contributed by atoms with E-state index in [1.807, 2.05) is 0 Å². The highest BCUT2D eigenvalue weighted by molar-refractivity contribution is 6.26. The number of rotatable bonds is 4. The molecule has 0 aromatic carbocycles. The Labute approximate surface area is 67.1 Å². The number of halogens is 1. The maximum Gasteiger partial charge on any atom is 0.156 e. The van der Waals surface area contributed by atoms with Gasteiger partial charge in [0.25, 0.3) is 0 Å². The minimum atomic E-state index is 0.115. The van der Waals surface area contributed by atoms with Crippen molar-refractivity contribution in [3.8, 4) is 0 Å². The van der Waals surface area contributed by atoms with Crippen LogP contribution in [0.1, 0.15) is 26.7 Å². The van der Waals surface area contributed by atoms with E-state index in [9.17, 15) is 4.79 Å². The SMILES string of the molecule is CC[C@H](C)CC(=O)/C=C/Cl. The fraction of sp³-hybridized carbons (Fsp3) is 0.625. The van der Waals surface area contributed by atoms with Crippen LogP contribution < -0.4 is 0 Å². The minimum Gasteiger partial charge on any atom is -0.295 e. The van der Waals surface area contributed by atoms with Crippen molar-refractivity contribution >= 4 is 17.4 Å². The van der Waals surface area contributed by atoms with Crippen LogP contribution in [-0.2, 0) is 4.79 Å². The van der Waals surface area contributed by atoms with Gasteiger partial charge >= 0.3 is 0 Å². The van der Waals surface area contributed by atoms with Gasteiger partial charge in [-0.3, -0.25) is 4.79 Å². The van der Waals surface area contributed by atoms with Crippen LogP contribution in [0.25, 0.3) is 0 Å². The molecule has 0 rings (SSSR count). The predicted octanol–water partition coefficient (Wildman–Crippen LogP) is 2.74. The number of hydrogen-bond donors (Lipinski definition) is 0. The van der Waals surface area contributed by atoms with Gasteiger partial charge in [-0.25, -0.2) is 0 Å². The van der Waals surface area contributed by atoms with E-state index in [-0.39, 0.29) is 5.78 Å². The van der Waals surface area contributed by atoms with E-state index in [1.165, 1.54) is 11.6 Å². The third kappa shape index (κ3) is 4.57. The molecule has 0 fully saturated rings. The van der Waals surface area contributed by atoms with Gasteiger partial charge in [-0.05, 0) is 12.0 Å². The van der Waals surface area contributed by atoms with Crippen LogP contribution >= 0.6 is 11.6 Å². The molecule has 0 aromatic rings. The van der Waals surface area contributed by atoms with Gasteiger partial charge in [0.2, 0.25) is 0 Å². The van der Waals surface area contributed by atoms with Crippen molar-refractivity contribution in [2.24, 2.45) is 5.92 Å². The molecule has 0 heterocycles. The number of carbonyl (C=O) groups excluding carboxylic acids is 1. The van der Waals surface area contributed by atoms with E-state index in [0.29, 0.717) is 12.3 Å². The van der Waals surface area contributed by atoms with Gasteiger partial charge in [0.05, 0.1) is 0 Å². The van der Waals surface area contributed by atoms with Crippen LogP contribution in [-0.4, -0.2) is 5.78 Å². The van der Waals surface area contributed by atoms with Crippen LogP contribution in [0.2, 0.25) is 0 Å². The fourth-order valence-corrected chi connectivity index (χ4v) is 0.767. The molecule has 0 aliphatic heterocycles. The normalized spacial score (nSPS) is 13.9. The summed E-state index contributed by atoms with van der Waals surface area (Å²) in [5.74, 6) is 0.588. The summed E-state index contributed by atoms with van der Waals surface area (Å²) in [5, 5.41) is 0. The maximum atomic E-state index is 10.8. The average Bonchev–Trinajstić information content (AvgIpc) is 1.88. The molecule has 0 aliphatic rings. The lowest BCUT2D eigenvalue weighted by Gasteiger charge is -2.02. The van der Waals surface area contributed by atoms with Crippen molar-refractivity contribution in [3.63, 3.8) is 0 Å². The average molecular weight is 161 g/mol. The molecule has 0 spiro atoms. The van der Waals surface area contributed by atoms with E-state index in [4.69, 9.17) is 11.6 Å². The van der Waals surface area contributed by atoms with Gasteiger partial charge in [0, 0.05) is 12.0 Å². The van der Waals surface area contributed by atoms with Crippen LogP contribution in [0.4, 0.5) is 0 Å². The van der Waals surface area contributed by atoms with Crippen LogP contribution in [0, 0.1) is 5.92 Å². The zero-order chi connectivity index (χ0) is 7.98. The molecule has 0 aliphatic carbocycles. The summed E-state index contributed by atoms with van der Waals surface area (Å²) in [6.07, 6.45) is 3.06. The summed E-state index contributed by atoms with van der Waals surface area (Å²) in [7, 11) is 0. The number of allylic oxidation sites excluding steroid dienone is 1. The molecule has 0 amide bonds. The lowest BCUT2D eigenvalue weighted by molar-refractivity contribution is -0.115. The molecule has 0 N–H and O–H groups in total. The Morgan fingerprint density at radius 3 is 2.70 bits per heavy atom. The molecule has 1 atom stereocenters. The van der Waals surface area contributed by atoms with Gasteiger partial charge in [-0.1, -0.05) is 31.9 Å². The Balaban J connectivity index is 3.57. The van der Waals surface area contributed by atoms with E-state index in [1.54, 1.807) is 0 Å². The first-order valence-corrected chi connectivity index (χ1v) is 3.94. The molecule has 2 heteroatoms. The molecule has 10 heavy (non-hydrogen) atoms. The first-order valence-electron chi connectivity index (χ1n) is 3.50. The molecule has 0 saturated carbocycles. The second kappa shape index (κ2) is 5.48. The molecule has 1 nitrogen and oxygen atoms in total. The van der Waals surface area contributed by atoms with Crippen molar-refractivity contribution in [2.45, 2.75) is 26.7 Å². The van der Waals surface area contributed by atoms with Crippen LogP contribution in [0.3, 0.4) is 0 Å². The zero-order valence-electron chi connectivity index (χ0n) is 6.43. The Morgan fingerprint density at radius 2 is 2.30 bits per heavy atom. The Morgan fingerprint density at radius 1 is 1.70 bits per heavy atom. The highest BCUT2D eigenvalue weighted by Gasteiger charge is 2.02. The van der Waals surface area contributed by atoms with Gasteiger partial charge < -0.3 is 0 Å². The Bertz CT molecular complexity index is 129. The lowest BCUT2D eigenvalue weighted by atomic mass is 10.0. The first-order chi connectivity index (χ1) is 4.70. The van der Waals surface area contributed by atoms with Crippen molar-refractivity contribution < 1.29 is 4.79 Å². The van der Waals surface area contributed by atoms with E-state index in [0.717, 1.165) is 6.42 Å². The second-order valence-corrected chi connectivity index (χ2v) is 2.73. The minimum absolute atomic E-state index is 0.115. The van der Waals surface area contributed by atoms with E-state index in [2.05, 4.69) is 13.8 Å². The van der Waals surface area contributed by atoms with E-state index >= 15 is 0 Å². The van der Waals surface area contributed by atoms with Gasteiger partial charge in [-0.2, -0.15) is 0 Å². The Hall–Kier alpha value is -0.300. The molecule has 58 valence electrons. The predicted molar refractivity (Wildman–Crippen MR) is 44.1 cm³/mol. The van der Waals surface area contributed by atoms with Crippen LogP contribution in [0.5, 0.6) is 0 Å². The standard InChI is InChI=1S/C8H13ClO/c1-3-7(2)6-8(10)4-5-9/h4-5,7H,3,6H2,1-2H3/b5-4+/t7-/m0/s1. The molecule has 0 bridgehead atoms. The summed E-state index contributed by atoms with van der Waals surface area (Å²) in [4.78, 5) is 10.8. The maximum absolute atomic E-state index is 10.8. The highest BCUT2D eigenvalue weighted by atomic mass is 35.5. The van der Waals surface area contributed by atoms with Gasteiger partial charge in [0.1, 0.15) is 0 Å². The molecule has 0 aromatic heterocycles. The molecule has 0 radical (unpaired) electrons. The molecular weight excluding hydrogens is 148 g/mol. The summed E-state index contributed by atoms with van der Waals surface area (Å²) in [6.45, 7) is 4.13. The summed E-state index contributed by atoms with van der Waals surface area (Å²) in [5.41, 5.74) is 1.27. The smallest absolute Gasteiger partial charge is 0.156 e. The largest absolute Gasteiger partial charge is 0.295 e. The Kier molecular flexibility index (Phi) is 5.32. The topological polar surface area (TPSA) is 17.1 Å². The summed E-state index contributed by atoms with van der Waals surface area (Å²) in [6, 6.07) is 0. The van der Waals surface area contributed by atoms with Crippen molar-refractivity contribution in [1.29, 1.82) is 0 Å². The summed E-state index contributed by atoms with van der Waals surface area (Å²) >= 11 is 5.22. The number of ketones is 1. The fourth-order valence-electron chi connectivity index (χ4n) is 0.626. The van der Waals surface area contributed by atoms with Gasteiger partial charge in [-0.15, -0.1) is 0 Å². The summed E-state index contributed by atoms with van der Waals surface area (Å²) < 4.78 is 0. The van der Waals surface area contributed by atoms with Crippen LogP contribution in [0.15, 0.2) is 11.6 Å². The van der Waals surface area contributed by atoms with Crippen molar-refractivity contribution in [2.75, 3.05) is 0 Å². The third-order valence-electron chi connectivity index (χ3n) is 1.50. The zero-order valence-corrected chi connectivity index (χ0v) is 7.19.